The number of nitrogens with one attached hydrogen (secondary N) is 1. The number of carbonyl (C=O) groups is 1. The SMILES string of the molecule is NC(=O)c1ccc(Oc2ccc(CCNCC3CCCC3)cc2)nc1. The lowest BCUT2D eigenvalue weighted by molar-refractivity contribution is 0.1000. The third kappa shape index (κ3) is 5.29. The summed E-state index contributed by atoms with van der Waals surface area (Å²) in [4.78, 5) is 15.1. The normalized spacial score (nSPS) is 14.6. The molecule has 1 aromatic heterocycles. The number of rotatable bonds is 8. The third-order valence-corrected chi connectivity index (χ3v) is 4.66. The van der Waals surface area contributed by atoms with Gasteiger partial charge in [-0.3, -0.25) is 4.79 Å². The lowest BCUT2D eigenvalue weighted by Gasteiger charge is -2.10. The molecule has 132 valence electrons. The molecular weight excluding hydrogens is 314 g/mol. The summed E-state index contributed by atoms with van der Waals surface area (Å²) in [6.45, 7) is 2.15. The van der Waals surface area contributed by atoms with Crippen LogP contribution in [0, 0.1) is 5.92 Å². The molecule has 25 heavy (non-hydrogen) atoms. The topological polar surface area (TPSA) is 77.2 Å². The summed E-state index contributed by atoms with van der Waals surface area (Å²) >= 11 is 0. The second-order valence-corrected chi connectivity index (χ2v) is 6.60. The fourth-order valence-corrected chi connectivity index (χ4v) is 3.18. The zero-order chi connectivity index (χ0) is 17.5. The van der Waals surface area contributed by atoms with Crippen molar-refractivity contribution in [3.63, 3.8) is 0 Å². The van der Waals surface area contributed by atoms with Gasteiger partial charge in [-0.2, -0.15) is 0 Å². The van der Waals surface area contributed by atoms with Crippen LogP contribution in [0.2, 0.25) is 0 Å². The molecule has 1 aliphatic rings. The molecule has 1 fully saturated rings. The van der Waals surface area contributed by atoms with Crippen LogP contribution in [-0.2, 0) is 6.42 Å². The van der Waals surface area contributed by atoms with Gasteiger partial charge in [0.1, 0.15) is 5.75 Å². The molecule has 0 radical (unpaired) electrons. The lowest BCUT2D eigenvalue weighted by atomic mass is 10.1. The Labute approximate surface area is 148 Å². The zero-order valence-corrected chi connectivity index (χ0v) is 14.4. The second-order valence-electron chi connectivity index (χ2n) is 6.60. The van der Waals surface area contributed by atoms with Crippen molar-refractivity contribution >= 4 is 5.91 Å². The molecule has 3 N–H and O–H groups in total. The Kier molecular flexibility index (Phi) is 6.01. The van der Waals surface area contributed by atoms with E-state index in [-0.39, 0.29) is 0 Å². The zero-order valence-electron chi connectivity index (χ0n) is 14.4. The van der Waals surface area contributed by atoms with E-state index in [2.05, 4.69) is 22.4 Å². The molecule has 0 unspecified atom stereocenters. The van der Waals surface area contributed by atoms with Gasteiger partial charge in [0.25, 0.3) is 0 Å². The monoisotopic (exact) mass is 339 g/mol. The highest BCUT2D eigenvalue weighted by atomic mass is 16.5. The number of aromatic nitrogens is 1. The Bertz CT molecular complexity index is 677. The molecule has 5 heteroatoms. The average molecular weight is 339 g/mol. The first-order chi connectivity index (χ1) is 12.2. The van der Waals surface area contributed by atoms with Crippen molar-refractivity contribution in [2.45, 2.75) is 32.1 Å². The van der Waals surface area contributed by atoms with Crippen molar-refractivity contribution in [3.8, 4) is 11.6 Å². The van der Waals surface area contributed by atoms with Crippen molar-refractivity contribution in [1.82, 2.24) is 10.3 Å². The summed E-state index contributed by atoms with van der Waals surface area (Å²) in [5, 5.41) is 3.57. The molecule has 1 aromatic carbocycles. The fraction of sp³-hybridized carbons (Fsp3) is 0.400. The van der Waals surface area contributed by atoms with Crippen molar-refractivity contribution in [2.75, 3.05) is 13.1 Å². The molecule has 0 bridgehead atoms. The molecule has 1 saturated carbocycles. The van der Waals surface area contributed by atoms with Crippen molar-refractivity contribution in [3.05, 3.63) is 53.7 Å². The van der Waals surface area contributed by atoms with Gasteiger partial charge < -0.3 is 15.8 Å². The maximum atomic E-state index is 11.0. The molecule has 2 aromatic rings. The molecule has 1 aliphatic carbocycles. The largest absolute Gasteiger partial charge is 0.439 e. The third-order valence-electron chi connectivity index (χ3n) is 4.66. The van der Waals surface area contributed by atoms with Crippen LogP contribution in [0.15, 0.2) is 42.6 Å². The second kappa shape index (κ2) is 8.62. The minimum absolute atomic E-state index is 0.368. The van der Waals surface area contributed by atoms with Crippen LogP contribution in [0.3, 0.4) is 0 Å². The van der Waals surface area contributed by atoms with E-state index >= 15 is 0 Å². The maximum Gasteiger partial charge on any atom is 0.250 e. The molecule has 0 spiro atoms. The van der Waals surface area contributed by atoms with Crippen LogP contribution in [0.25, 0.3) is 0 Å². The number of ether oxygens (including phenoxy) is 1. The highest BCUT2D eigenvalue weighted by Crippen LogP contribution is 2.23. The Morgan fingerprint density at radius 1 is 1.16 bits per heavy atom. The highest BCUT2D eigenvalue weighted by molar-refractivity contribution is 5.92. The number of nitrogens with zero attached hydrogens (tertiary/aromatic N) is 1. The highest BCUT2D eigenvalue weighted by Gasteiger charge is 2.13. The average Bonchev–Trinajstić information content (AvgIpc) is 3.14. The predicted octanol–water partition coefficient (Wildman–Crippen LogP) is 3.30. The van der Waals surface area contributed by atoms with Crippen LogP contribution in [0.1, 0.15) is 41.6 Å². The molecule has 5 nitrogen and oxygen atoms in total. The Balaban J connectivity index is 1.44. The Hall–Kier alpha value is -2.40. The summed E-state index contributed by atoms with van der Waals surface area (Å²) in [5.41, 5.74) is 6.84. The van der Waals surface area contributed by atoms with Gasteiger partial charge in [-0.1, -0.05) is 25.0 Å². The number of primary amides is 1. The van der Waals surface area contributed by atoms with Crippen molar-refractivity contribution < 1.29 is 9.53 Å². The fourth-order valence-electron chi connectivity index (χ4n) is 3.18. The van der Waals surface area contributed by atoms with Crippen LogP contribution in [-0.4, -0.2) is 24.0 Å². The number of benzene rings is 1. The number of hydrogen-bond acceptors (Lipinski definition) is 4. The van der Waals surface area contributed by atoms with E-state index in [9.17, 15) is 4.79 Å². The van der Waals surface area contributed by atoms with Crippen LogP contribution in [0.5, 0.6) is 11.6 Å². The first-order valence-corrected chi connectivity index (χ1v) is 8.94. The van der Waals surface area contributed by atoms with Gasteiger partial charge in [-0.25, -0.2) is 4.98 Å². The number of pyridine rings is 1. The lowest BCUT2D eigenvalue weighted by Crippen LogP contribution is -2.23. The number of carbonyl (C=O) groups excluding carboxylic acids is 1. The summed E-state index contributed by atoms with van der Waals surface area (Å²) in [6.07, 6.45) is 7.99. The summed E-state index contributed by atoms with van der Waals surface area (Å²) < 4.78 is 5.68. The molecular formula is C20H25N3O2. The van der Waals surface area contributed by atoms with Gasteiger partial charge in [-0.15, -0.1) is 0 Å². The van der Waals surface area contributed by atoms with E-state index in [1.807, 2.05) is 12.1 Å². The van der Waals surface area contributed by atoms with Gasteiger partial charge in [0, 0.05) is 12.3 Å². The van der Waals surface area contributed by atoms with E-state index in [0.717, 1.165) is 31.2 Å². The molecule has 0 saturated heterocycles. The smallest absolute Gasteiger partial charge is 0.250 e. The minimum Gasteiger partial charge on any atom is -0.439 e. The number of nitrogens with two attached hydrogens (primary N) is 1. The molecule has 1 amide bonds. The summed E-state index contributed by atoms with van der Waals surface area (Å²) in [7, 11) is 0. The summed E-state index contributed by atoms with van der Waals surface area (Å²) in [5.74, 6) is 1.55. The number of amides is 1. The maximum absolute atomic E-state index is 11.0. The van der Waals surface area contributed by atoms with E-state index in [0.29, 0.717) is 11.4 Å². The standard InChI is InChI=1S/C20H25N3O2/c21-20(24)17-7-10-19(23-14-17)25-18-8-5-15(6-9-18)11-12-22-13-16-3-1-2-4-16/h5-10,14,16,22H,1-4,11-13H2,(H2,21,24). The van der Waals surface area contributed by atoms with Gasteiger partial charge in [0.05, 0.1) is 5.56 Å². The number of hydrogen-bond donors (Lipinski definition) is 2. The van der Waals surface area contributed by atoms with Crippen LogP contribution >= 0.6 is 0 Å². The summed E-state index contributed by atoms with van der Waals surface area (Å²) in [6, 6.07) is 11.3. The minimum atomic E-state index is -0.495. The van der Waals surface area contributed by atoms with E-state index in [1.165, 1.54) is 37.4 Å². The predicted molar refractivity (Wildman–Crippen MR) is 97.8 cm³/mol. The molecule has 1 heterocycles. The van der Waals surface area contributed by atoms with Gasteiger partial charge in [0.2, 0.25) is 11.8 Å². The first-order valence-electron chi connectivity index (χ1n) is 8.94. The molecule has 3 rings (SSSR count). The van der Waals surface area contributed by atoms with Gasteiger partial charge in [0.15, 0.2) is 0 Å². The van der Waals surface area contributed by atoms with E-state index < -0.39 is 5.91 Å². The van der Waals surface area contributed by atoms with Crippen LogP contribution in [0.4, 0.5) is 0 Å². The Morgan fingerprint density at radius 2 is 1.92 bits per heavy atom. The molecule has 0 atom stereocenters. The van der Waals surface area contributed by atoms with Gasteiger partial charge >= 0.3 is 0 Å². The molecule has 0 aliphatic heterocycles. The van der Waals surface area contributed by atoms with Crippen LogP contribution < -0.4 is 15.8 Å². The van der Waals surface area contributed by atoms with E-state index in [4.69, 9.17) is 10.5 Å². The Morgan fingerprint density at radius 3 is 2.56 bits per heavy atom. The first kappa shape index (κ1) is 17.4. The quantitative estimate of drug-likeness (QED) is 0.724. The van der Waals surface area contributed by atoms with Gasteiger partial charge in [-0.05, 0) is 62.0 Å². The van der Waals surface area contributed by atoms with Crippen molar-refractivity contribution in [1.29, 1.82) is 0 Å². The van der Waals surface area contributed by atoms with Crippen molar-refractivity contribution in [2.24, 2.45) is 11.7 Å². The van der Waals surface area contributed by atoms with E-state index in [1.54, 1.807) is 12.1 Å².